The second-order valence-electron chi connectivity index (χ2n) is 3.77. The lowest BCUT2D eigenvalue weighted by Gasteiger charge is -2.10. The molecular weight excluding hydrogens is 178 g/mol. The van der Waals surface area contributed by atoms with Gasteiger partial charge in [0.1, 0.15) is 5.75 Å². The third kappa shape index (κ3) is 1.58. The Hall–Kier alpha value is -1.51. The van der Waals surface area contributed by atoms with Gasteiger partial charge in [-0.05, 0) is 24.1 Å². The van der Waals surface area contributed by atoms with Gasteiger partial charge in [0, 0.05) is 18.9 Å². The summed E-state index contributed by atoms with van der Waals surface area (Å²) in [4.78, 5) is 11.0. The molecular formula is C11H13NO2. The van der Waals surface area contributed by atoms with Gasteiger partial charge in [-0.3, -0.25) is 4.79 Å². The quantitative estimate of drug-likeness (QED) is 0.703. The first-order chi connectivity index (χ1) is 6.66. The van der Waals surface area contributed by atoms with Gasteiger partial charge in [-0.1, -0.05) is 12.1 Å². The third-order valence-corrected chi connectivity index (χ3v) is 2.60. The van der Waals surface area contributed by atoms with Crippen molar-refractivity contribution in [3.05, 3.63) is 29.3 Å². The Labute approximate surface area is 82.8 Å². The number of phenolic OH excluding ortho intramolecular Hbond substituents is 1. The van der Waals surface area contributed by atoms with Gasteiger partial charge in [0.05, 0.1) is 0 Å². The molecule has 1 atom stereocenters. The lowest BCUT2D eigenvalue weighted by atomic mass is 9.96. The molecule has 74 valence electrons. The number of hydrogen-bond donors (Lipinski definition) is 2. The standard InChI is InChI=1S/C11H13NO2/c1-7-2-3-9(10(13)4-7)8-5-11(14)12-6-8/h2-4,8,13H,5-6H2,1H3,(H,12,14). The molecule has 1 heterocycles. The van der Waals surface area contributed by atoms with E-state index < -0.39 is 0 Å². The Morgan fingerprint density at radius 2 is 2.29 bits per heavy atom. The molecule has 0 saturated carbocycles. The van der Waals surface area contributed by atoms with Gasteiger partial charge in [-0.2, -0.15) is 0 Å². The fourth-order valence-corrected chi connectivity index (χ4v) is 1.82. The average molecular weight is 191 g/mol. The number of benzene rings is 1. The van der Waals surface area contributed by atoms with E-state index in [-0.39, 0.29) is 11.8 Å². The largest absolute Gasteiger partial charge is 0.508 e. The second-order valence-corrected chi connectivity index (χ2v) is 3.77. The zero-order chi connectivity index (χ0) is 10.1. The molecule has 3 nitrogen and oxygen atoms in total. The topological polar surface area (TPSA) is 49.3 Å². The molecule has 3 heteroatoms. The van der Waals surface area contributed by atoms with Crippen molar-refractivity contribution in [1.29, 1.82) is 0 Å². The van der Waals surface area contributed by atoms with Crippen LogP contribution in [0.1, 0.15) is 23.5 Å². The molecule has 0 spiro atoms. The minimum atomic E-state index is 0.0648. The van der Waals surface area contributed by atoms with Crippen LogP contribution < -0.4 is 5.32 Å². The van der Waals surface area contributed by atoms with Crippen molar-refractivity contribution in [3.8, 4) is 5.75 Å². The molecule has 2 N–H and O–H groups in total. The summed E-state index contributed by atoms with van der Waals surface area (Å²) in [6, 6.07) is 5.59. The summed E-state index contributed by atoms with van der Waals surface area (Å²) in [6.45, 7) is 2.57. The van der Waals surface area contributed by atoms with E-state index in [0.29, 0.717) is 18.7 Å². The maximum atomic E-state index is 11.0. The van der Waals surface area contributed by atoms with Crippen molar-refractivity contribution in [2.24, 2.45) is 0 Å². The van der Waals surface area contributed by atoms with Gasteiger partial charge in [0.15, 0.2) is 0 Å². The van der Waals surface area contributed by atoms with E-state index in [1.807, 2.05) is 19.1 Å². The summed E-state index contributed by atoms with van der Waals surface area (Å²) in [5.74, 6) is 0.490. The van der Waals surface area contributed by atoms with Crippen molar-refractivity contribution in [2.75, 3.05) is 6.54 Å². The lowest BCUT2D eigenvalue weighted by molar-refractivity contribution is -0.119. The molecule has 1 aliphatic heterocycles. The number of amides is 1. The van der Waals surface area contributed by atoms with E-state index in [1.54, 1.807) is 6.07 Å². The van der Waals surface area contributed by atoms with Crippen LogP contribution in [0.5, 0.6) is 5.75 Å². The molecule has 0 aliphatic carbocycles. The van der Waals surface area contributed by atoms with Gasteiger partial charge < -0.3 is 10.4 Å². The van der Waals surface area contributed by atoms with E-state index >= 15 is 0 Å². The summed E-state index contributed by atoms with van der Waals surface area (Å²) >= 11 is 0. The summed E-state index contributed by atoms with van der Waals surface area (Å²) in [7, 11) is 0. The fourth-order valence-electron chi connectivity index (χ4n) is 1.82. The Kier molecular flexibility index (Phi) is 2.15. The summed E-state index contributed by atoms with van der Waals surface area (Å²) in [5, 5.41) is 12.5. The van der Waals surface area contributed by atoms with Crippen LogP contribution in [0, 0.1) is 6.92 Å². The van der Waals surface area contributed by atoms with Gasteiger partial charge in [-0.25, -0.2) is 0 Å². The van der Waals surface area contributed by atoms with Crippen LogP contribution in [-0.2, 0) is 4.79 Å². The molecule has 1 aliphatic rings. The summed E-state index contributed by atoms with van der Waals surface area (Å²) < 4.78 is 0. The number of carbonyl (C=O) groups is 1. The van der Waals surface area contributed by atoms with Crippen molar-refractivity contribution in [1.82, 2.24) is 5.32 Å². The van der Waals surface area contributed by atoms with Gasteiger partial charge >= 0.3 is 0 Å². The SMILES string of the molecule is Cc1ccc(C2CNC(=O)C2)c(O)c1. The van der Waals surface area contributed by atoms with Crippen LogP contribution in [0.15, 0.2) is 18.2 Å². The number of phenols is 1. The molecule has 2 rings (SSSR count). The van der Waals surface area contributed by atoms with Crippen LogP contribution in [0.4, 0.5) is 0 Å². The predicted octanol–water partition coefficient (Wildman–Crippen LogP) is 1.30. The van der Waals surface area contributed by atoms with Crippen molar-refractivity contribution in [3.63, 3.8) is 0 Å². The smallest absolute Gasteiger partial charge is 0.220 e. The highest BCUT2D eigenvalue weighted by Gasteiger charge is 2.24. The number of aryl methyl sites for hydroxylation is 1. The van der Waals surface area contributed by atoms with E-state index in [2.05, 4.69) is 5.32 Å². The second kappa shape index (κ2) is 3.33. The van der Waals surface area contributed by atoms with Crippen molar-refractivity contribution < 1.29 is 9.90 Å². The molecule has 0 aromatic heterocycles. The lowest BCUT2D eigenvalue weighted by Crippen LogP contribution is -2.13. The Balaban J connectivity index is 2.28. The van der Waals surface area contributed by atoms with Crippen LogP contribution in [-0.4, -0.2) is 17.6 Å². The van der Waals surface area contributed by atoms with E-state index in [1.165, 1.54) is 0 Å². The Morgan fingerprint density at radius 3 is 2.86 bits per heavy atom. The monoisotopic (exact) mass is 191 g/mol. The van der Waals surface area contributed by atoms with Gasteiger partial charge in [-0.15, -0.1) is 0 Å². The summed E-state index contributed by atoms with van der Waals surface area (Å²) in [5.41, 5.74) is 1.90. The molecule has 0 radical (unpaired) electrons. The van der Waals surface area contributed by atoms with Crippen LogP contribution in [0.3, 0.4) is 0 Å². The Bertz CT molecular complexity index is 374. The van der Waals surface area contributed by atoms with Crippen LogP contribution in [0.2, 0.25) is 0 Å². The minimum absolute atomic E-state index is 0.0648. The highest BCUT2D eigenvalue weighted by atomic mass is 16.3. The number of aromatic hydroxyl groups is 1. The molecule has 1 aromatic carbocycles. The molecule has 0 bridgehead atoms. The first kappa shape index (κ1) is 9.06. The Morgan fingerprint density at radius 1 is 1.50 bits per heavy atom. The minimum Gasteiger partial charge on any atom is -0.508 e. The maximum absolute atomic E-state index is 11.0. The van der Waals surface area contributed by atoms with Gasteiger partial charge in [0.25, 0.3) is 0 Å². The number of rotatable bonds is 1. The van der Waals surface area contributed by atoms with Crippen LogP contribution >= 0.6 is 0 Å². The van der Waals surface area contributed by atoms with Crippen LogP contribution in [0.25, 0.3) is 0 Å². The fraction of sp³-hybridized carbons (Fsp3) is 0.364. The molecule has 1 amide bonds. The van der Waals surface area contributed by atoms with E-state index in [9.17, 15) is 9.90 Å². The van der Waals surface area contributed by atoms with E-state index in [0.717, 1.165) is 11.1 Å². The predicted molar refractivity (Wildman–Crippen MR) is 53.2 cm³/mol. The first-order valence-electron chi connectivity index (χ1n) is 4.73. The van der Waals surface area contributed by atoms with Gasteiger partial charge in [0.2, 0.25) is 5.91 Å². The number of carbonyl (C=O) groups excluding carboxylic acids is 1. The molecule has 1 unspecified atom stereocenters. The first-order valence-corrected chi connectivity index (χ1v) is 4.73. The normalized spacial score (nSPS) is 20.9. The van der Waals surface area contributed by atoms with Crippen molar-refractivity contribution in [2.45, 2.75) is 19.3 Å². The van der Waals surface area contributed by atoms with E-state index in [4.69, 9.17) is 0 Å². The number of hydrogen-bond acceptors (Lipinski definition) is 2. The molecule has 1 fully saturated rings. The maximum Gasteiger partial charge on any atom is 0.220 e. The zero-order valence-electron chi connectivity index (χ0n) is 8.08. The highest BCUT2D eigenvalue weighted by molar-refractivity contribution is 5.79. The third-order valence-electron chi connectivity index (χ3n) is 2.60. The molecule has 1 aromatic rings. The highest BCUT2D eigenvalue weighted by Crippen LogP contribution is 2.30. The zero-order valence-corrected chi connectivity index (χ0v) is 8.08. The molecule has 1 saturated heterocycles. The van der Waals surface area contributed by atoms with Crippen molar-refractivity contribution >= 4 is 5.91 Å². The molecule has 14 heavy (non-hydrogen) atoms. The average Bonchev–Trinajstić information content (AvgIpc) is 2.51. The number of nitrogens with one attached hydrogen (secondary N) is 1. The summed E-state index contributed by atoms with van der Waals surface area (Å²) in [6.07, 6.45) is 0.483.